The molecule has 12 rings (SSSR count). The Hall–Kier alpha value is -6.95. The van der Waals surface area contributed by atoms with Crippen molar-refractivity contribution in [1.82, 2.24) is 4.57 Å². The second-order valence-electron chi connectivity index (χ2n) is 27.6. The van der Waals surface area contributed by atoms with E-state index in [0.29, 0.717) is 11.1 Å². The number of unbranched alkanes of at least 4 members (excludes halogenated alkanes) is 20. The number of fused-ring (bicyclic) bond motifs is 10. The zero-order valence-corrected chi connectivity index (χ0v) is 57.7. The number of hydrogen-bond donors (Lipinski definition) is 0. The molecule has 0 spiro atoms. The van der Waals surface area contributed by atoms with Crippen LogP contribution in [0.4, 0.5) is 5.69 Å². The Bertz CT molecular complexity index is 3940. The van der Waals surface area contributed by atoms with E-state index in [2.05, 4.69) is 197 Å². The smallest absolute Gasteiger partial charge is 0.345 e. The van der Waals surface area contributed by atoms with Gasteiger partial charge in [-0.05, 0) is 173 Å². The first-order valence-corrected chi connectivity index (χ1v) is 37.6. The molecule has 480 valence electrons. The lowest BCUT2D eigenvalue weighted by atomic mass is 9.70. The molecule has 10 aromatic rings. The fourth-order valence-electron chi connectivity index (χ4n) is 16.7. The summed E-state index contributed by atoms with van der Waals surface area (Å²) in [6.45, 7) is 15.4. The molecule has 0 unspecified atom stereocenters. The van der Waals surface area contributed by atoms with E-state index in [1.807, 2.05) is 12.1 Å². The topological polar surface area (TPSA) is 38.4 Å². The van der Waals surface area contributed by atoms with Gasteiger partial charge in [-0.1, -0.05) is 267 Å². The SMILES string of the molecule is CCCCCCCCC1(CCCCCCCC)c2ccccc2-c2ccc(-c3ccc4c(c3)c3cc(-c5ccc6c(c5)C(CCCCCCCC)(CCCCCCCC)c5ccccc5-6)ccc3n4-c3ccc(-c4cc5ccc(N(CC)CC)cc5oc4=O)s3)cc21. The zero-order valence-electron chi connectivity index (χ0n) is 56.8. The molecule has 0 N–H and O–H groups in total. The predicted molar refractivity (Wildman–Crippen MR) is 399 cm³/mol. The monoisotopic (exact) mass is 1240 g/mol. The lowest BCUT2D eigenvalue weighted by Gasteiger charge is -2.33. The normalized spacial score (nSPS) is 13.5. The second kappa shape index (κ2) is 30.4. The van der Waals surface area contributed by atoms with Gasteiger partial charge in [-0.2, -0.15) is 0 Å². The van der Waals surface area contributed by atoms with Crippen LogP contribution in [0.3, 0.4) is 0 Å². The van der Waals surface area contributed by atoms with Crippen molar-refractivity contribution in [3.05, 3.63) is 190 Å². The average molecular weight is 1240 g/mol. The minimum absolute atomic E-state index is 0.00202. The van der Waals surface area contributed by atoms with Crippen LogP contribution in [0.1, 0.15) is 244 Å². The molecule has 0 saturated carbocycles. The summed E-state index contributed by atoms with van der Waals surface area (Å²) in [6, 6.07) is 61.2. The van der Waals surface area contributed by atoms with Crippen molar-refractivity contribution >= 4 is 49.8 Å². The van der Waals surface area contributed by atoms with E-state index in [1.165, 1.54) is 246 Å². The predicted octanol–water partition coefficient (Wildman–Crippen LogP) is 26.3. The lowest BCUT2D eigenvalue weighted by Crippen LogP contribution is -2.25. The van der Waals surface area contributed by atoms with Crippen molar-refractivity contribution in [2.75, 3.05) is 18.0 Å². The molecule has 0 aliphatic heterocycles. The van der Waals surface area contributed by atoms with E-state index in [1.54, 1.807) is 33.6 Å². The standard InChI is InChI=1S/C87H104N2O2S/c1-7-13-17-21-25-33-53-86(54-34-26-22-18-14-8-2)76-39-31-29-37-69(76)71-47-42-65(60-78(71)86)63-44-49-80-73(57-63)74-58-64(45-50-81(74)89(80)84-52-51-83(92-84)75-59-67-41-46-68(88(11-5)12-6)62-82(67)91-85(75)90)66-43-48-72-70-38-30-32-40-77(70)87(79(72)61-66,55-35-27-23-19-15-9-3)56-36-28-24-20-16-10-4/h29-32,37-52,57-62H,7-28,33-36,53-56H2,1-6H3. The van der Waals surface area contributed by atoms with Crippen molar-refractivity contribution in [3.8, 4) is 59.9 Å². The molecule has 3 aromatic heterocycles. The van der Waals surface area contributed by atoms with Gasteiger partial charge in [0.2, 0.25) is 0 Å². The molecule has 0 saturated heterocycles. The summed E-state index contributed by atoms with van der Waals surface area (Å²) in [5, 5.41) is 4.49. The number of rotatable bonds is 35. The summed E-state index contributed by atoms with van der Waals surface area (Å²) in [5.41, 5.74) is 21.3. The summed E-state index contributed by atoms with van der Waals surface area (Å²) in [6.07, 6.45) is 36.2. The van der Waals surface area contributed by atoms with Gasteiger partial charge in [0, 0.05) is 56.7 Å². The molecule has 3 heterocycles. The van der Waals surface area contributed by atoms with Crippen molar-refractivity contribution in [1.29, 1.82) is 0 Å². The van der Waals surface area contributed by atoms with E-state index in [4.69, 9.17) is 4.42 Å². The average Bonchev–Trinajstić information content (AvgIpc) is 1.58. The maximum atomic E-state index is 14.1. The van der Waals surface area contributed by atoms with Crippen LogP contribution in [0.15, 0.2) is 167 Å². The third-order valence-corrected chi connectivity index (χ3v) is 22.8. The van der Waals surface area contributed by atoms with Crippen LogP contribution in [0.2, 0.25) is 0 Å². The van der Waals surface area contributed by atoms with Crippen molar-refractivity contribution < 1.29 is 4.42 Å². The molecule has 0 amide bonds. The Kier molecular flexibility index (Phi) is 21.5. The van der Waals surface area contributed by atoms with Gasteiger partial charge in [0.1, 0.15) is 10.6 Å². The Labute approximate surface area is 555 Å². The highest BCUT2D eigenvalue weighted by molar-refractivity contribution is 7.18. The minimum atomic E-state index is -0.306. The van der Waals surface area contributed by atoms with Crippen molar-refractivity contribution in [2.45, 2.75) is 232 Å². The maximum absolute atomic E-state index is 14.1. The Morgan fingerprint density at radius 2 is 0.793 bits per heavy atom. The summed E-state index contributed by atoms with van der Waals surface area (Å²) >= 11 is 1.67. The Balaban J connectivity index is 0.976. The highest BCUT2D eigenvalue weighted by Gasteiger charge is 2.44. The molecule has 0 bridgehead atoms. The quantitative estimate of drug-likeness (QED) is 0.0293. The minimum Gasteiger partial charge on any atom is -0.422 e. The molecule has 2 aliphatic rings. The zero-order chi connectivity index (χ0) is 63.4. The molecular weight excluding hydrogens is 1140 g/mol. The molecule has 2 aliphatic carbocycles. The van der Waals surface area contributed by atoms with Crippen LogP contribution in [-0.2, 0) is 10.8 Å². The van der Waals surface area contributed by atoms with E-state index >= 15 is 0 Å². The van der Waals surface area contributed by atoms with Crippen LogP contribution in [-0.4, -0.2) is 17.7 Å². The highest BCUT2D eigenvalue weighted by Crippen LogP contribution is 2.57. The van der Waals surface area contributed by atoms with Crippen LogP contribution in [0, 0.1) is 0 Å². The number of benzene rings is 7. The molecule has 5 heteroatoms. The van der Waals surface area contributed by atoms with Crippen molar-refractivity contribution in [2.24, 2.45) is 0 Å². The van der Waals surface area contributed by atoms with E-state index < -0.39 is 0 Å². The van der Waals surface area contributed by atoms with Gasteiger partial charge >= 0.3 is 5.63 Å². The van der Waals surface area contributed by atoms with Crippen LogP contribution in [0.5, 0.6) is 0 Å². The fourth-order valence-corrected chi connectivity index (χ4v) is 17.7. The van der Waals surface area contributed by atoms with Gasteiger partial charge < -0.3 is 13.9 Å². The largest absolute Gasteiger partial charge is 0.422 e. The van der Waals surface area contributed by atoms with Crippen molar-refractivity contribution in [3.63, 3.8) is 0 Å². The molecule has 7 aromatic carbocycles. The number of anilines is 1. The van der Waals surface area contributed by atoms with Gasteiger partial charge in [0.25, 0.3) is 0 Å². The first-order chi connectivity index (χ1) is 45.3. The number of aromatic nitrogens is 1. The van der Waals surface area contributed by atoms with Crippen LogP contribution in [0.25, 0.3) is 92.7 Å². The number of hydrogen-bond acceptors (Lipinski definition) is 4. The van der Waals surface area contributed by atoms with Crippen LogP contribution >= 0.6 is 11.3 Å². The molecular formula is C87H104N2O2S. The molecule has 0 atom stereocenters. The second-order valence-corrected chi connectivity index (χ2v) is 28.7. The summed E-state index contributed by atoms with van der Waals surface area (Å²) in [4.78, 5) is 17.3. The Morgan fingerprint density at radius 1 is 0.380 bits per heavy atom. The van der Waals surface area contributed by atoms with E-state index in [0.717, 1.165) is 34.0 Å². The van der Waals surface area contributed by atoms with Gasteiger partial charge in [0.05, 0.1) is 16.6 Å². The Morgan fingerprint density at radius 3 is 1.25 bits per heavy atom. The maximum Gasteiger partial charge on any atom is 0.345 e. The first-order valence-electron chi connectivity index (χ1n) is 36.8. The first kappa shape index (κ1) is 65.1. The molecule has 4 nitrogen and oxygen atoms in total. The molecule has 0 fully saturated rings. The van der Waals surface area contributed by atoms with Gasteiger partial charge in [-0.15, -0.1) is 11.3 Å². The molecule has 0 radical (unpaired) electrons. The number of thiophene rings is 1. The van der Waals surface area contributed by atoms with Crippen LogP contribution < -0.4 is 10.5 Å². The fraction of sp³-hybridized carbons (Fsp3) is 0.437. The summed E-state index contributed by atoms with van der Waals surface area (Å²) < 4.78 is 8.62. The van der Waals surface area contributed by atoms with E-state index in [-0.39, 0.29) is 16.5 Å². The number of nitrogens with zero attached hydrogens (tertiary/aromatic N) is 2. The summed E-state index contributed by atoms with van der Waals surface area (Å²) in [5.74, 6) is 0. The van der Waals surface area contributed by atoms with Gasteiger partial charge in [0.15, 0.2) is 0 Å². The lowest BCUT2D eigenvalue weighted by molar-refractivity contribution is 0.398. The van der Waals surface area contributed by atoms with E-state index in [9.17, 15) is 4.79 Å². The third-order valence-electron chi connectivity index (χ3n) is 21.7. The van der Waals surface area contributed by atoms with Gasteiger partial charge in [-0.25, -0.2) is 4.79 Å². The summed E-state index contributed by atoms with van der Waals surface area (Å²) in [7, 11) is 0. The highest BCUT2D eigenvalue weighted by atomic mass is 32.1. The van der Waals surface area contributed by atoms with Gasteiger partial charge in [-0.3, -0.25) is 0 Å². The molecule has 92 heavy (non-hydrogen) atoms. The third kappa shape index (κ3) is 13.3.